The van der Waals surface area contributed by atoms with Gasteiger partial charge in [-0.1, -0.05) is 0 Å². The number of carbonyl (C=O) groups excluding carboxylic acids is 8. The summed E-state index contributed by atoms with van der Waals surface area (Å²) >= 11 is 0. The van der Waals surface area contributed by atoms with Crippen molar-refractivity contribution in [3.05, 3.63) is 45.5 Å². The number of anilines is 2. The van der Waals surface area contributed by atoms with Gasteiger partial charge in [-0.3, -0.25) is 42.7 Å². The summed E-state index contributed by atoms with van der Waals surface area (Å²) in [6.07, 6.45) is -12.4. The first-order chi connectivity index (χ1) is 36.7. The van der Waals surface area contributed by atoms with Gasteiger partial charge in [0.25, 0.3) is 0 Å². The lowest BCUT2D eigenvalue weighted by Gasteiger charge is -2.23. The van der Waals surface area contributed by atoms with Crippen molar-refractivity contribution in [2.75, 3.05) is 69.7 Å². The molecular weight excluding hydrogens is 1060 g/mol. The summed E-state index contributed by atoms with van der Waals surface area (Å²) < 4.78 is 73.6. The van der Waals surface area contributed by atoms with Gasteiger partial charge in [-0.2, -0.15) is 27.5 Å². The zero-order valence-corrected chi connectivity index (χ0v) is 42.6. The highest BCUT2D eigenvalue weighted by molar-refractivity contribution is 5.90. The third-order valence-electron chi connectivity index (χ3n) is 11.3. The fraction of sp³-hybridized carbons (Fsp3) is 0.644. The van der Waals surface area contributed by atoms with Crippen molar-refractivity contribution in [3.8, 4) is 0 Å². The first kappa shape index (κ1) is 63.3. The minimum Gasteiger partial charge on any atom is -0.444 e. The lowest BCUT2D eigenvalue weighted by atomic mass is 10.1. The predicted molar refractivity (Wildman–Crippen MR) is 258 cm³/mol. The number of ether oxygens (including phenoxy) is 3. The molecule has 0 aromatic carbocycles. The number of aromatic nitrogens is 4. The number of carbonyl (C=O) groups is 8. The molecule has 0 unspecified atom stereocenters. The molecule has 2 aliphatic heterocycles. The number of aliphatic hydroxyl groups excluding tert-OH is 4. The minimum absolute atomic E-state index is 0.0365. The number of alkyl carbamates (subject to hydrolysis) is 1. The predicted octanol–water partition coefficient (Wildman–Crippen LogP) is -2.91. The van der Waals surface area contributed by atoms with Crippen LogP contribution in [-0.4, -0.2) is 193 Å². The molecule has 4 rings (SSSR count). The van der Waals surface area contributed by atoms with Gasteiger partial charge in [0.2, 0.25) is 53.8 Å². The van der Waals surface area contributed by atoms with Gasteiger partial charge in [0.15, 0.2) is 12.2 Å². The number of halogens is 4. The van der Waals surface area contributed by atoms with Gasteiger partial charge in [0.05, 0.1) is 26.3 Å². The van der Waals surface area contributed by atoms with Gasteiger partial charge in [-0.05, 0) is 52.2 Å². The van der Waals surface area contributed by atoms with Crippen LogP contribution in [0.5, 0.6) is 0 Å². The molecule has 0 saturated carbocycles. The van der Waals surface area contributed by atoms with E-state index in [2.05, 4.69) is 47.2 Å². The summed E-state index contributed by atoms with van der Waals surface area (Å²) in [6, 6.07) is 2.08. The van der Waals surface area contributed by atoms with Gasteiger partial charge >= 0.3 is 29.3 Å². The third kappa shape index (κ3) is 19.1. The van der Waals surface area contributed by atoms with Crippen molar-refractivity contribution in [1.82, 2.24) is 50.6 Å². The van der Waals surface area contributed by atoms with Crippen molar-refractivity contribution in [1.29, 1.82) is 0 Å². The molecule has 2 fully saturated rings. The molecule has 2 aromatic heterocycles. The third-order valence-corrected chi connectivity index (χ3v) is 11.3. The summed E-state index contributed by atoms with van der Waals surface area (Å²) in [6.45, 7) is 1.73. The molecule has 2 aliphatic rings. The van der Waals surface area contributed by atoms with Crippen molar-refractivity contribution in [2.24, 2.45) is 0 Å². The number of alkyl halides is 4. The summed E-state index contributed by atoms with van der Waals surface area (Å²) in [5.41, 5.74) is -3.25. The Balaban J connectivity index is 1.15. The molecule has 78 heavy (non-hydrogen) atoms. The Morgan fingerprint density at radius 2 is 1.01 bits per heavy atom. The quantitative estimate of drug-likeness (QED) is 0.0300. The zero-order valence-electron chi connectivity index (χ0n) is 42.6. The van der Waals surface area contributed by atoms with E-state index in [1.54, 1.807) is 20.8 Å². The van der Waals surface area contributed by atoms with E-state index in [0.717, 1.165) is 24.5 Å². The smallest absolute Gasteiger partial charge is 0.407 e. The van der Waals surface area contributed by atoms with Crippen LogP contribution in [0.3, 0.4) is 0 Å². The van der Waals surface area contributed by atoms with Crippen LogP contribution in [0.1, 0.15) is 84.6 Å². The van der Waals surface area contributed by atoms with E-state index in [1.807, 2.05) is 0 Å². The average Bonchev–Trinajstić information content (AvgIpc) is 3.86. The van der Waals surface area contributed by atoms with Gasteiger partial charge in [-0.25, -0.2) is 14.4 Å². The van der Waals surface area contributed by atoms with Crippen LogP contribution in [-0.2, 0) is 47.8 Å². The number of nitrogens with zero attached hydrogens (tertiary/aromatic N) is 5. The Bertz CT molecular complexity index is 2420. The van der Waals surface area contributed by atoms with E-state index in [0.29, 0.717) is 9.13 Å². The number of nitrogens with one attached hydrogen (secondary N) is 7. The van der Waals surface area contributed by atoms with Crippen LogP contribution in [0.4, 0.5) is 34.0 Å². The fourth-order valence-electron chi connectivity index (χ4n) is 7.32. The summed E-state index contributed by atoms with van der Waals surface area (Å²) in [5.74, 6) is -12.8. The highest BCUT2D eigenvalue weighted by Crippen LogP contribution is 2.43. The molecule has 6 atom stereocenters. The molecule has 4 heterocycles. The topological polar surface area (TPSA) is 402 Å². The molecule has 0 bridgehead atoms. The van der Waals surface area contributed by atoms with E-state index in [1.165, 1.54) is 4.90 Å². The second-order valence-corrected chi connectivity index (χ2v) is 18.6. The molecule has 33 heteroatoms. The summed E-state index contributed by atoms with van der Waals surface area (Å²) in [7, 11) is 0. The molecule has 0 aliphatic carbocycles. The van der Waals surface area contributed by atoms with E-state index in [9.17, 15) is 85.9 Å². The Kier molecular flexibility index (Phi) is 23.5. The molecule has 0 radical (unpaired) electrons. The Labute approximate surface area is 441 Å². The normalized spacial score (nSPS) is 20.2. The van der Waals surface area contributed by atoms with Crippen molar-refractivity contribution in [3.63, 3.8) is 0 Å². The Hall–Kier alpha value is -7.20. The number of amides is 8. The molecule has 11 N–H and O–H groups in total. The molecule has 2 saturated heterocycles. The molecule has 8 amide bonds. The van der Waals surface area contributed by atoms with Gasteiger partial charge in [-0.15, -0.1) is 0 Å². The molecular formula is C45H64F4N12O17. The zero-order chi connectivity index (χ0) is 58.0. The maximum Gasteiger partial charge on any atom is 0.407 e. The maximum atomic E-state index is 14.5. The highest BCUT2D eigenvalue weighted by Gasteiger charge is 2.60. The first-order valence-corrected chi connectivity index (χ1v) is 24.4. The minimum atomic E-state index is -3.94. The summed E-state index contributed by atoms with van der Waals surface area (Å²) in [4.78, 5) is 134. The van der Waals surface area contributed by atoms with Crippen LogP contribution in [0, 0.1) is 0 Å². The van der Waals surface area contributed by atoms with Gasteiger partial charge in [0, 0.05) is 77.2 Å². The number of hydrogen-bond donors (Lipinski definition) is 11. The molecule has 0 spiro atoms. The van der Waals surface area contributed by atoms with Crippen LogP contribution < -0.4 is 48.6 Å². The monoisotopic (exact) mass is 1120 g/mol. The second kappa shape index (κ2) is 29.0. The highest BCUT2D eigenvalue weighted by atomic mass is 19.3. The van der Waals surface area contributed by atoms with Gasteiger partial charge < -0.3 is 76.8 Å². The van der Waals surface area contributed by atoms with Gasteiger partial charge in [0.1, 0.15) is 29.4 Å². The van der Waals surface area contributed by atoms with Crippen LogP contribution >= 0.6 is 0 Å². The second-order valence-electron chi connectivity index (χ2n) is 18.6. The van der Waals surface area contributed by atoms with E-state index < -0.39 is 139 Å². The SMILES string of the molecule is CC(C)(C)OC(=O)NCCCC(=O)N(CCC(=O)NCC(=O)NCCCC(=O)Nc1ccn([C@@H]2O[C@H](CO)[C@@H](O)C2(F)F)c(=O)n1)CCC(=O)NCC(=O)NCCCC(=O)Nc1ccn([C@@H]2O[C@H](CO)[C@@H](O)C2(F)F)c(=O)n1. The van der Waals surface area contributed by atoms with Crippen molar-refractivity contribution < 1.29 is 90.6 Å². The van der Waals surface area contributed by atoms with E-state index in [-0.39, 0.29) is 95.7 Å². The summed E-state index contributed by atoms with van der Waals surface area (Å²) in [5, 5.41) is 54.7. The van der Waals surface area contributed by atoms with Crippen LogP contribution in [0.25, 0.3) is 0 Å². The first-order valence-electron chi connectivity index (χ1n) is 24.4. The standard InChI is InChI=1S/C45H64F4N12O17/c1-43(2,3)78-42(75)52-16-6-9-35(70)59(17-12-29(64)53-21-33(68)50-14-4-7-31(66)55-27-10-19-60(40(73)57-27)38-44(46,47)36(71)25(23-62)76-38)18-13-30(65)54-22-34(69)51-15-5-8-32(67)56-28-11-20-61(41(74)58-28)39-45(48,49)37(72)26(24-63)77-39/h10-11,19-20,25-26,36-39,62-63,71-72H,4-9,12-18,21-24H2,1-3H3,(H,50,68)(H,51,69)(H,52,75)(H,53,64)(H,54,65)(H,55,57,66,73)(H,56,58,67,74)/t25-,26-,36-,37-,38-,39-/m1/s1. The number of hydrogen-bond acceptors (Lipinski definition) is 19. The van der Waals surface area contributed by atoms with E-state index in [4.69, 9.17) is 14.2 Å². The van der Waals surface area contributed by atoms with Crippen molar-refractivity contribution in [2.45, 2.75) is 126 Å². The lowest BCUT2D eigenvalue weighted by molar-refractivity contribution is -0.141. The number of aliphatic hydroxyl groups is 4. The molecule has 2 aromatic rings. The molecule has 434 valence electrons. The fourth-order valence-corrected chi connectivity index (χ4v) is 7.32. The Morgan fingerprint density at radius 1 is 0.615 bits per heavy atom. The molecule has 29 nitrogen and oxygen atoms in total. The average molecular weight is 1120 g/mol. The maximum absolute atomic E-state index is 14.5. The lowest BCUT2D eigenvalue weighted by Crippen LogP contribution is -2.42. The van der Waals surface area contributed by atoms with Crippen molar-refractivity contribution >= 4 is 59.1 Å². The number of rotatable bonds is 28. The Morgan fingerprint density at radius 3 is 1.38 bits per heavy atom. The van der Waals surface area contributed by atoms with E-state index >= 15 is 0 Å². The van der Waals surface area contributed by atoms with Crippen LogP contribution in [0.15, 0.2) is 34.1 Å². The largest absolute Gasteiger partial charge is 0.444 e. The van der Waals surface area contributed by atoms with Crippen LogP contribution in [0.2, 0.25) is 0 Å².